The minimum atomic E-state index is 0.126. The van der Waals surface area contributed by atoms with E-state index < -0.39 is 0 Å². The lowest BCUT2D eigenvalue weighted by molar-refractivity contribution is -0.131. The summed E-state index contributed by atoms with van der Waals surface area (Å²) in [5.41, 5.74) is 6.72. The molecule has 0 spiro atoms. The molecule has 3 nitrogen and oxygen atoms in total. The Bertz CT molecular complexity index is 434. The maximum absolute atomic E-state index is 12.2. The molecule has 0 radical (unpaired) electrons. The molecule has 0 unspecified atom stereocenters. The Kier molecular flexibility index (Phi) is 7.03. The van der Waals surface area contributed by atoms with Gasteiger partial charge < -0.3 is 10.6 Å². The zero-order chi connectivity index (χ0) is 15.1. The predicted molar refractivity (Wildman–Crippen MR) is 84.5 cm³/mol. The van der Waals surface area contributed by atoms with Crippen molar-refractivity contribution in [3.8, 4) is 0 Å². The van der Waals surface area contributed by atoms with Crippen molar-refractivity contribution < 1.29 is 4.79 Å². The highest BCUT2D eigenvalue weighted by Gasteiger charge is 2.17. The topological polar surface area (TPSA) is 46.3 Å². The number of carbonyl (C=O) groups is 1. The second-order valence-corrected chi connectivity index (χ2v) is 6.18. The molecule has 0 heterocycles. The van der Waals surface area contributed by atoms with Gasteiger partial charge in [0.2, 0.25) is 5.91 Å². The molecule has 112 valence electrons. The van der Waals surface area contributed by atoms with Gasteiger partial charge in [0.05, 0.1) is 0 Å². The van der Waals surface area contributed by atoms with E-state index in [9.17, 15) is 4.79 Å². The average molecular weight is 297 g/mol. The van der Waals surface area contributed by atoms with Crippen LogP contribution in [0.4, 0.5) is 0 Å². The van der Waals surface area contributed by atoms with Crippen LogP contribution in [0, 0.1) is 11.8 Å². The molecule has 0 saturated carbocycles. The third kappa shape index (κ3) is 5.51. The van der Waals surface area contributed by atoms with Crippen molar-refractivity contribution in [3.63, 3.8) is 0 Å². The summed E-state index contributed by atoms with van der Waals surface area (Å²) in [6.45, 7) is 5.41. The fourth-order valence-electron chi connectivity index (χ4n) is 2.30. The van der Waals surface area contributed by atoms with Gasteiger partial charge >= 0.3 is 0 Å². The van der Waals surface area contributed by atoms with Crippen molar-refractivity contribution in [2.45, 2.75) is 33.2 Å². The van der Waals surface area contributed by atoms with Gasteiger partial charge in [-0.3, -0.25) is 4.79 Å². The molecule has 1 rings (SSSR count). The van der Waals surface area contributed by atoms with E-state index in [1.807, 2.05) is 31.3 Å². The first kappa shape index (κ1) is 17.0. The quantitative estimate of drug-likeness (QED) is 0.839. The van der Waals surface area contributed by atoms with Gasteiger partial charge in [0.1, 0.15) is 0 Å². The summed E-state index contributed by atoms with van der Waals surface area (Å²) in [5, 5.41) is 0.699. The number of amides is 1. The third-order valence-electron chi connectivity index (χ3n) is 3.39. The first-order valence-electron chi connectivity index (χ1n) is 7.11. The van der Waals surface area contributed by atoms with E-state index in [2.05, 4.69) is 13.8 Å². The number of halogens is 1. The normalized spacial score (nSPS) is 12.5. The first-order chi connectivity index (χ1) is 9.43. The summed E-state index contributed by atoms with van der Waals surface area (Å²) in [6, 6.07) is 7.61. The minimum absolute atomic E-state index is 0.126. The number of hydrogen-bond acceptors (Lipinski definition) is 2. The Balaban J connectivity index is 2.56. The lowest BCUT2D eigenvalue weighted by atomic mass is 9.94. The molecule has 0 bridgehead atoms. The minimum Gasteiger partial charge on any atom is -0.341 e. The Labute approximate surface area is 127 Å². The van der Waals surface area contributed by atoms with E-state index in [0.717, 1.165) is 12.0 Å². The summed E-state index contributed by atoms with van der Waals surface area (Å²) in [7, 11) is 1.81. The van der Waals surface area contributed by atoms with Gasteiger partial charge in [0.15, 0.2) is 0 Å². The smallest absolute Gasteiger partial charge is 0.222 e. The van der Waals surface area contributed by atoms with Crippen molar-refractivity contribution in [1.29, 1.82) is 0 Å². The Morgan fingerprint density at radius 3 is 2.55 bits per heavy atom. The van der Waals surface area contributed by atoms with Crippen molar-refractivity contribution in [1.82, 2.24) is 4.90 Å². The number of carbonyl (C=O) groups excluding carboxylic acids is 1. The molecule has 2 N–H and O–H groups in total. The molecule has 4 heteroatoms. The van der Waals surface area contributed by atoms with Gasteiger partial charge in [-0.15, -0.1) is 0 Å². The molecule has 1 amide bonds. The van der Waals surface area contributed by atoms with Crippen LogP contribution in [0.2, 0.25) is 5.02 Å². The first-order valence-corrected chi connectivity index (χ1v) is 7.49. The van der Waals surface area contributed by atoms with E-state index >= 15 is 0 Å². The average Bonchev–Trinajstić information content (AvgIpc) is 2.39. The fraction of sp³-hybridized carbons (Fsp3) is 0.562. The van der Waals surface area contributed by atoms with Crippen molar-refractivity contribution in [3.05, 3.63) is 34.9 Å². The van der Waals surface area contributed by atoms with Crippen LogP contribution in [-0.2, 0) is 11.3 Å². The predicted octanol–water partition coefficient (Wildman–Crippen LogP) is 3.31. The molecule has 1 aromatic rings. The van der Waals surface area contributed by atoms with Gasteiger partial charge in [0, 0.05) is 25.0 Å². The van der Waals surface area contributed by atoms with Crippen molar-refractivity contribution >= 4 is 17.5 Å². The fourth-order valence-corrected chi connectivity index (χ4v) is 2.50. The number of hydrogen-bond donors (Lipinski definition) is 1. The highest BCUT2D eigenvalue weighted by Crippen LogP contribution is 2.19. The monoisotopic (exact) mass is 296 g/mol. The molecular weight excluding hydrogens is 272 g/mol. The van der Waals surface area contributed by atoms with Gasteiger partial charge in [-0.25, -0.2) is 0 Å². The Morgan fingerprint density at radius 2 is 2.00 bits per heavy atom. The molecule has 1 atom stereocenters. The lowest BCUT2D eigenvalue weighted by Gasteiger charge is -2.22. The van der Waals surface area contributed by atoms with Crippen LogP contribution in [-0.4, -0.2) is 24.4 Å². The number of nitrogens with two attached hydrogens (primary N) is 1. The molecule has 20 heavy (non-hydrogen) atoms. The summed E-state index contributed by atoms with van der Waals surface area (Å²) in [6.07, 6.45) is 1.50. The van der Waals surface area contributed by atoms with Gasteiger partial charge in [0.25, 0.3) is 0 Å². The zero-order valence-electron chi connectivity index (χ0n) is 12.6. The van der Waals surface area contributed by atoms with Crippen LogP contribution >= 0.6 is 11.6 Å². The second-order valence-electron chi connectivity index (χ2n) is 5.78. The summed E-state index contributed by atoms with van der Waals surface area (Å²) in [5.74, 6) is 0.947. The van der Waals surface area contributed by atoms with Crippen LogP contribution in [0.3, 0.4) is 0 Å². The highest BCUT2D eigenvalue weighted by atomic mass is 35.5. The van der Waals surface area contributed by atoms with Crippen LogP contribution in [0.5, 0.6) is 0 Å². The summed E-state index contributed by atoms with van der Waals surface area (Å²) < 4.78 is 0. The molecule has 0 aliphatic heterocycles. The molecule has 0 saturated heterocycles. The number of benzene rings is 1. The van der Waals surface area contributed by atoms with E-state index in [1.165, 1.54) is 0 Å². The van der Waals surface area contributed by atoms with Crippen LogP contribution in [0.25, 0.3) is 0 Å². The van der Waals surface area contributed by atoms with Gasteiger partial charge in [-0.1, -0.05) is 43.6 Å². The number of nitrogens with zero attached hydrogens (tertiary/aromatic N) is 1. The zero-order valence-corrected chi connectivity index (χ0v) is 13.4. The molecular formula is C16H25ClN2O. The molecule has 0 aliphatic carbocycles. The third-order valence-corrected chi connectivity index (χ3v) is 3.76. The molecule has 0 aliphatic rings. The van der Waals surface area contributed by atoms with Gasteiger partial charge in [-0.05, 0) is 36.4 Å². The highest BCUT2D eigenvalue weighted by molar-refractivity contribution is 6.31. The van der Waals surface area contributed by atoms with E-state index in [-0.39, 0.29) is 11.8 Å². The molecule has 0 fully saturated rings. The largest absolute Gasteiger partial charge is 0.341 e. The van der Waals surface area contributed by atoms with E-state index in [4.69, 9.17) is 17.3 Å². The van der Waals surface area contributed by atoms with E-state index in [1.54, 1.807) is 4.90 Å². The maximum atomic E-state index is 12.2. The van der Waals surface area contributed by atoms with Gasteiger partial charge in [-0.2, -0.15) is 0 Å². The Morgan fingerprint density at radius 1 is 1.35 bits per heavy atom. The molecule has 1 aromatic carbocycles. The maximum Gasteiger partial charge on any atom is 0.222 e. The summed E-state index contributed by atoms with van der Waals surface area (Å²) >= 11 is 6.12. The summed E-state index contributed by atoms with van der Waals surface area (Å²) in [4.78, 5) is 14.0. The molecule has 0 aromatic heterocycles. The van der Waals surface area contributed by atoms with Crippen LogP contribution < -0.4 is 5.73 Å². The lowest BCUT2D eigenvalue weighted by Crippen LogP contribution is -2.30. The van der Waals surface area contributed by atoms with Crippen LogP contribution in [0.15, 0.2) is 24.3 Å². The number of rotatable bonds is 7. The van der Waals surface area contributed by atoms with E-state index in [0.29, 0.717) is 30.5 Å². The van der Waals surface area contributed by atoms with Crippen molar-refractivity contribution in [2.75, 3.05) is 13.6 Å². The van der Waals surface area contributed by atoms with Crippen molar-refractivity contribution in [2.24, 2.45) is 17.6 Å². The van der Waals surface area contributed by atoms with Crippen LogP contribution in [0.1, 0.15) is 32.3 Å². The SMILES string of the molecule is CC(C)C[C@H](CN)CC(=O)N(C)Cc1ccccc1Cl. The second kappa shape index (κ2) is 8.28. The Hall–Kier alpha value is -1.06. The standard InChI is InChI=1S/C16H25ClN2O/c1-12(2)8-13(10-18)9-16(20)19(3)11-14-6-4-5-7-15(14)17/h4-7,12-13H,8-11,18H2,1-3H3/t13-/m0/s1.